The number of rotatable bonds is 3. The number of carboxylic acid groups (broad SMARTS) is 1. The lowest BCUT2D eigenvalue weighted by molar-refractivity contribution is 0.0696. The summed E-state index contributed by atoms with van der Waals surface area (Å²) in [6.07, 6.45) is 4.51. The van der Waals surface area contributed by atoms with Crippen molar-refractivity contribution in [1.29, 1.82) is 0 Å². The van der Waals surface area contributed by atoms with Crippen molar-refractivity contribution in [2.75, 3.05) is 0 Å². The number of hydrogen-bond acceptors (Lipinski definition) is 3. The fraction of sp³-hybridized carbons (Fsp3) is 0.250. The zero-order valence-electron chi connectivity index (χ0n) is 8.96. The fourth-order valence-electron chi connectivity index (χ4n) is 1.98. The van der Waals surface area contributed by atoms with Crippen molar-refractivity contribution in [3.05, 3.63) is 35.4 Å². The topological polar surface area (TPSA) is 71.7 Å². The van der Waals surface area contributed by atoms with E-state index in [1.54, 1.807) is 6.20 Å². The molecule has 0 aliphatic heterocycles. The number of carbonyl (C=O) groups is 2. The summed E-state index contributed by atoms with van der Waals surface area (Å²) in [4.78, 5) is 26.1. The molecule has 0 spiro atoms. The second-order valence-corrected chi connectivity index (χ2v) is 4.22. The van der Waals surface area contributed by atoms with Crippen molar-refractivity contribution >= 4 is 17.8 Å². The molecule has 0 amide bonds. The molecule has 0 bridgehead atoms. The first-order chi connectivity index (χ1) is 8.20. The Labute approximate surface area is 96.7 Å². The number of aldehydes is 1. The third-order valence-corrected chi connectivity index (χ3v) is 3.00. The highest BCUT2D eigenvalue weighted by atomic mass is 16.4. The Hall–Kier alpha value is -2.17. The monoisotopic (exact) mass is 230 g/mol. The molecule has 0 atom stereocenters. The SMILES string of the molecule is O=Cc1nc(C2CC2)n2ccc(C(=O)O)cc12. The maximum Gasteiger partial charge on any atom is 0.335 e. The van der Waals surface area contributed by atoms with E-state index in [2.05, 4.69) is 4.98 Å². The van der Waals surface area contributed by atoms with E-state index in [-0.39, 0.29) is 5.56 Å². The first-order valence-electron chi connectivity index (χ1n) is 5.41. The second-order valence-electron chi connectivity index (χ2n) is 4.22. The number of pyridine rings is 1. The first kappa shape index (κ1) is 10.0. The normalized spacial score (nSPS) is 15.1. The second kappa shape index (κ2) is 3.41. The Kier molecular flexibility index (Phi) is 2.01. The van der Waals surface area contributed by atoms with E-state index in [9.17, 15) is 9.59 Å². The summed E-state index contributed by atoms with van der Waals surface area (Å²) < 4.78 is 1.81. The number of carbonyl (C=O) groups excluding carboxylic acids is 1. The number of nitrogens with zero attached hydrogens (tertiary/aromatic N) is 2. The number of carboxylic acids is 1. The van der Waals surface area contributed by atoms with E-state index in [0.29, 0.717) is 23.4 Å². The van der Waals surface area contributed by atoms with Gasteiger partial charge in [0.1, 0.15) is 11.5 Å². The predicted octanol–water partition coefficient (Wildman–Crippen LogP) is 1.72. The Morgan fingerprint density at radius 2 is 2.29 bits per heavy atom. The average Bonchev–Trinajstić information content (AvgIpc) is 3.10. The highest BCUT2D eigenvalue weighted by Crippen LogP contribution is 2.39. The minimum Gasteiger partial charge on any atom is -0.478 e. The fourth-order valence-corrected chi connectivity index (χ4v) is 1.98. The Morgan fingerprint density at radius 1 is 1.53 bits per heavy atom. The lowest BCUT2D eigenvalue weighted by Gasteiger charge is -2.00. The van der Waals surface area contributed by atoms with Gasteiger partial charge in [-0.25, -0.2) is 9.78 Å². The minimum atomic E-state index is -1.00. The Bertz CT molecular complexity index is 626. The Balaban J connectivity index is 2.27. The molecule has 1 fully saturated rings. The quantitative estimate of drug-likeness (QED) is 0.815. The summed E-state index contributed by atoms with van der Waals surface area (Å²) in [5, 5.41) is 8.92. The molecule has 0 radical (unpaired) electrons. The number of imidazole rings is 1. The van der Waals surface area contributed by atoms with Crippen LogP contribution in [0.3, 0.4) is 0 Å². The molecule has 0 unspecified atom stereocenters. The van der Waals surface area contributed by atoms with E-state index in [1.165, 1.54) is 12.1 Å². The first-order valence-corrected chi connectivity index (χ1v) is 5.41. The van der Waals surface area contributed by atoms with Gasteiger partial charge in [-0.1, -0.05) is 0 Å². The molecule has 1 N–H and O–H groups in total. The largest absolute Gasteiger partial charge is 0.478 e. The van der Waals surface area contributed by atoms with Gasteiger partial charge in [0, 0.05) is 12.1 Å². The molecule has 5 nitrogen and oxygen atoms in total. The number of aromatic carboxylic acids is 1. The number of fused-ring (bicyclic) bond motifs is 1. The lowest BCUT2D eigenvalue weighted by atomic mass is 10.2. The molecule has 1 aliphatic rings. The molecule has 3 rings (SSSR count). The van der Waals surface area contributed by atoms with Crippen molar-refractivity contribution in [2.45, 2.75) is 18.8 Å². The molecule has 1 aliphatic carbocycles. The van der Waals surface area contributed by atoms with Gasteiger partial charge in [-0.2, -0.15) is 0 Å². The molecule has 17 heavy (non-hydrogen) atoms. The van der Waals surface area contributed by atoms with Crippen LogP contribution in [0, 0.1) is 0 Å². The smallest absolute Gasteiger partial charge is 0.335 e. The van der Waals surface area contributed by atoms with Gasteiger partial charge in [0.25, 0.3) is 0 Å². The molecule has 2 aromatic heterocycles. The van der Waals surface area contributed by atoms with Crippen molar-refractivity contribution in [3.63, 3.8) is 0 Å². The van der Waals surface area contributed by atoms with Gasteiger partial charge in [-0.15, -0.1) is 0 Å². The summed E-state index contributed by atoms with van der Waals surface area (Å²) in [7, 11) is 0. The molecule has 86 valence electrons. The van der Waals surface area contributed by atoms with Crippen LogP contribution in [-0.4, -0.2) is 26.7 Å². The number of hydrogen-bond donors (Lipinski definition) is 1. The van der Waals surface area contributed by atoms with Crippen LogP contribution in [0.5, 0.6) is 0 Å². The van der Waals surface area contributed by atoms with Crippen LogP contribution in [0.4, 0.5) is 0 Å². The Morgan fingerprint density at radius 3 is 2.88 bits per heavy atom. The van der Waals surface area contributed by atoms with E-state index < -0.39 is 5.97 Å². The van der Waals surface area contributed by atoms with Gasteiger partial charge in [0.15, 0.2) is 6.29 Å². The zero-order valence-corrected chi connectivity index (χ0v) is 8.96. The van der Waals surface area contributed by atoms with Crippen molar-refractivity contribution in [1.82, 2.24) is 9.38 Å². The predicted molar refractivity (Wildman–Crippen MR) is 59.5 cm³/mol. The summed E-state index contributed by atoms with van der Waals surface area (Å²) >= 11 is 0. The van der Waals surface area contributed by atoms with Crippen LogP contribution in [0.25, 0.3) is 5.52 Å². The molecule has 0 saturated heterocycles. The van der Waals surface area contributed by atoms with E-state index in [0.717, 1.165) is 18.7 Å². The van der Waals surface area contributed by atoms with Gasteiger partial charge in [-0.05, 0) is 25.0 Å². The summed E-state index contributed by atoms with van der Waals surface area (Å²) in [6.45, 7) is 0. The molecule has 1 saturated carbocycles. The van der Waals surface area contributed by atoms with Crippen LogP contribution in [0.15, 0.2) is 18.3 Å². The van der Waals surface area contributed by atoms with Gasteiger partial charge in [-0.3, -0.25) is 4.79 Å². The van der Waals surface area contributed by atoms with E-state index in [1.807, 2.05) is 4.40 Å². The molecule has 2 aromatic rings. The van der Waals surface area contributed by atoms with E-state index in [4.69, 9.17) is 5.11 Å². The van der Waals surface area contributed by atoms with Gasteiger partial charge < -0.3 is 9.51 Å². The minimum absolute atomic E-state index is 0.169. The summed E-state index contributed by atoms with van der Waals surface area (Å²) in [5.74, 6) is 0.268. The molecule has 0 aromatic carbocycles. The maximum atomic E-state index is 10.9. The van der Waals surface area contributed by atoms with Crippen molar-refractivity contribution < 1.29 is 14.7 Å². The van der Waals surface area contributed by atoms with Gasteiger partial charge >= 0.3 is 5.97 Å². The van der Waals surface area contributed by atoms with Crippen LogP contribution < -0.4 is 0 Å². The van der Waals surface area contributed by atoms with Crippen molar-refractivity contribution in [3.8, 4) is 0 Å². The third-order valence-electron chi connectivity index (χ3n) is 3.00. The summed E-state index contributed by atoms with van der Waals surface area (Å²) in [5.41, 5.74) is 1.06. The highest BCUT2D eigenvalue weighted by Gasteiger charge is 2.29. The molecular formula is C12H10N2O3. The van der Waals surface area contributed by atoms with Crippen LogP contribution in [0.1, 0.15) is 45.4 Å². The lowest BCUT2D eigenvalue weighted by Crippen LogP contribution is -1.99. The average molecular weight is 230 g/mol. The highest BCUT2D eigenvalue weighted by molar-refractivity contribution is 5.92. The van der Waals surface area contributed by atoms with E-state index >= 15 is 0 Å². The van der Waals surface area contributed by atoms with Gasteiger partial charge in [0.05, 0.1) is 11.1 Å². The molecular weight excluding hydrogens is 220 g/mol. The molecule has 2 heterocycles. The van der Waals surface area contributed by atoms with Crippen LogP contribution in [-0.2, 0) is 0 Å². The number of aromatic nitrogens is 2. The zero-order chi connectivity index (χ0) is 12.0. The van der Waals surface area contributed by atoms with Crippen molar-refractivity contribution in [2.24, 2.45) is 0 Å². The maximum absolute atomic E-state index is 10.9. The summed E-state index contributed by atoms with van der Waals surface area (Å²) in [6, 6.07) is 3.02. The standard InChI is InChI=1S/C12H10N2O3/c15-6-9-10-5-8(12(16)17)3-4-14(10)11(13-9)7-1-2-7/h3-7H,1-2H2,(H,16,17). The van der Waals surface area contributed by atoms with Crippen LogP contribution in [0.2, 0.25) is 0 Å². The van der Waals surface area contributed by atoms with Crippen LogP contribution >= 0.6 is 0 Å². The third kappa shape index (κ3) is 1.51. The molecule has 5 heteroatoms. The van der Waals surface area contributed by atoms with Gasteiger partial charge in [0.2, 0.25) is 0 Å².